The fourth-order valence-electron chi connectivity index (χ4n) is 4.58. The van der Waals surface area contributed by atoms with Crippen molar-refractivity contribution >= 4 is 35.3 Å². The molecule has 0 bridgehead atoms. The van der Waals surface area contributed by atoms with E-state index >= 15 is 0 Å². The molecule has 11 heteroatoms. The Morgan fingerprint density at radius 3 is 2.18 bits per heavy atom. The van der Waals surface area contributed by atoms with E-state index < -0.39 is 88.8 Å². The number of nitrogens with zero attached hydrogens (tertiary/aromatic N) is 1. The Morgan fingerprint density at radius 1 is 0.846 bits per heavy atom. The van der Waals surface area contributed by atoms with Crippen molar-refractivity contribution < 1.29 is 53.1 Å². The second kappa shape index (κ2) is 12.2. The summed E-state index contributed by atoms with van der Waals surface area (Å²) in [4.78, 5) is 50.6. The molecule has 0 amide bonds. The number of carbonyl (C=O) groups is 4. The monoisotopic (exact) mass is 545 g/mol. The number of esters is 4. The van der Waals surface area contributed by atoms with E-state index in [2.05, 4.69) is 11.0 Å². The first-order valence-electron chi connectivity index (χ1n) is 14.8. The summed E-state index contributed by atoms with van der Waals surface area (Å²) < 4.78 is 62.3. The molecule has 0 aliphatic carbocycles. The first kappa shape index (κ1) is 22.8. The molecule has 2 aromatic rings. The fraction of sp³-hybridized carbons (Fsp3) is 0.429. The molecular formula is C28H31NO10. The van der Waals surface area contributed by atoms with E-state index in [-0.39, 0.29) is 5.75 Å². The van der Waals surface area contributed by atoms with Crippen molar-refractivity contribution in [2.45, 2.75) is 64.7 Å². The Balaban J connectivity index is 1.64. The van der Waals surface area contributed by atoms with E-state index in [1.807, 2.05) is 30.3 Å². The van der Waals surface area contributed by atoms with Crippen LogP contribution in [0.4, 0.5) is 11.4 Å². The van der Waals surface area contributed by atoms with Crippen LogP contribution < -0.4 is 9.64 Å². The molecule has 0 saturated carbocycles. The third-order valence-corrected chi connectivity index (χ3v) is 6.09. The molecule has 1 fully saturated rings. The highest BCUT2D eigenvalue weighted by Gasteiger charge is 2.53. The van der Waals surface area contributed by atoms with Gasteiger partial charge in [0.15, 0.2) is 12.2 Å². The summed E-state index contributed by atoms with van der Waals surface area (Å²) in [7, 11) is 0. The quantitative estimate of drug-likeness (QED) is 0.359. The van der Waals surface area contributed by atoms with E-state index in [0.717, 1.165) is 24.3 Å². The van der Waals surface area contributed by atoms with Crippen molar-refractivity contribution in [3.63, 3.8) is 0 Å². The van der Waals surface area contributed by atoms with Crippen molar-refractivity contribution in [2.75, 3.05) is 18.1 Å². The Kier molecular flexibility index (Phi) is 7.12. The molecule has 0 aromatic heterocycles. The summed E-state index contributed by atoms with van der Waals surface area (Å²) in [5.41, 5.74) is 3.21. The van der Waals surface area contributed by atoms with Gasteiger partial charge in [-0.05, 0) is 42.3 Å². The van der Waals surface area contributed by atoms with Crippen LogP contribution >= 0.6 is 0 Å². The normalized spacial score (nSPS) is 25.1. The van der Waals surface area contributed by atoms with Gasteiger partial charge in [-0.1, -0.05) is 18.2 Å². The standard InChI is InChI=1S/C28H31NO10/c1-16(30)34-15-24-25(35-17(2)31)26(36-18(3)32)27(37-19(4)33)28(39-24)38-22-11-9-21(10-12-22)29-14-13-20-7-5-6-8-23(20)29/h5-12,24-28H,13-15H2,1-4H3/t24-,25-,26+,27+,28?/m1/s1/i1D,2D,3D,4D. The van der Waals surface area contributed by atoms with E-state index in [4.69, 9.17) is 33.9 Å². The predicted molar refractivity (Wildman–Crippen MR) is 136 cm³/mol. The topological polar surface area (TPSA) is 127 Å². The number of carbonyl (C=O) groups excluding carboxylic acids is 4. The third kappa shape index (κ3) is 6.85. The lowest BCUT2D eigenvalue weighted by atomic mass is 9.98. The molecule has 39 heavy (non-hydrogen) atoms. The van der Waals surface area contributed by atoms with Gasteiger partial charge in [0.25, 0.3) is 0 Å². The number of para-hydroxylation sites is 1. The number of benzene rings is 2. The molecule has 2 aromatic carbocycles. The predicted octanol–water partition coefficient (Wildman–Crippen LogP) is 2.84. The van der Waals surface area contributed by atoms with E-state index in [1.54, 1.807) is 12.1 Å². The minimum Gasteiger partial charge on any atom is -0.463 e. The number of hydrogen-bond donors (Lipinski definition) is 0. The van der Waals surface area contributed by atoms with Crippen LogP contribution in [0.1, 0.15) is 38.6 Å². The minimum atomic E-state index is -1.62. The Labute approximate surface area is 231 Å². The zero-order chi connectivity index (χ0) is 30.9. The van der Waals surface area contributed by atoms with E-state index in [9.17, 15) is 19.2 Å². The first-order chi connectivity index (χ1) is 20.8. The summed E-state index contributed by atoms with van der Waals surface area (Å²) in [6.07, 6.45) is -6.76. The van der Waals surface area contributed by atoms with E-state index in [0.29, 0.717) is 0 Å². The van der Waals surface area contributed by atoms with Crippen molar-refractivity contribution in [2.24, 2.45) is 0 Å². The summed E-state index contributed by atoms with van der Waals surface area (Å²) >= 11 is 0. The molecule has 0 radical (unpaired) electrons. The maximum Gasteiger partial charge on any atom is 0.303 e. The molecule has 0 N–H and O–H groups in total. The second-order valence-corrected chi connectivity index (χ2v) is 8.73. The summed E-state index contributed by atoms with van der Waals surface area (Å²) in [6.45, 7) is -2.96. The largest absolute Gasteiger partial charge is 0.463 e. The van der Waals surface area contributed by atoms with Gasteiger partial charge >= 0.3 is 23.9 Å². The Hall–Kier alpha value is -4.12. The molecule has 2 heterocycles. The highest BCUT2D eigenvalue weighted by molar-refractivity contribution is 5.70. The molecule has 5 atom stereocenters. The highest BCUT2D eigenvalue weighted by atomic mass is 16.7. The smallest absolute Gasteiger partial charge is 0.303 e. The maximum absolute atomic E-state index is 12.3. The molecule has 208 valence electrons. The van der Waals surface area contributed by atoms with Crippen LogP contribution in [0.2, 0.25) is 0 Å². The summed E-state index contributed by atoms with van der Waals surface area (Å²) in [5, 5.41) is 0. The van der Waals surface area contributed by atoms with Crippen LogP contribution in [-0.2, 0) is 49.3 Å². The van der Waals surface area contributed by atoms with E-state index in [1.165, 1.54) is 5.56 Å². The highest BCUT2D eigenvalue weighted by Crippen LogP contribution is 2.36. The van der Waals surface area contributed by atoms with Gasteiger partial charge in [0.1, 0.15) is 18.5 Å². The molecule has 4 rings (SSSR count). The summed E-state index contributed by atoms with van der Waals surface area (Å²) in [6, 6.07) is 15.0. The third-order valence-electron chi connectivity index (χ3n) is 6.09. The van der Waals surface area contributed by atoms with Crippen LogP contribution in [0.5, 0.6) is 5.75 Å². The zero-order valence-electron chi connectivity index (χ0n) is 25.0. The fourth-order valence-corrected chi connectivity index (χ4v) is 4.58. The number of anilines is 2. The van der Waals surface area contributed by atoms with Crippen LogP contribution in [0.25, 0.3) is 0 Å². The van der Waals surface area contributed by atoms with Crippen molar-refractivity contribution in [1.29, 1.82) is 0 Å². The van der Waals surface area contributed by atoms with Crippen LogP contribution in [0.15, 0.2) is 48.5 Å². The second-order valence-electron chi connectivity index (χ2n) is 8.73. The van der Waals surface area contributed by atoms with Gasteiger partial charge in [0.05, 0.1) is 0 Å². The van der Waals surface area contributed by atoms with Gasteiger partial charge in [0, 0.05) is 51.0 Å². The van der Waals surface area contributed by atoms with Crippen LogP contribution in [0, 0.1) is 0 Å². The number of fused-ring (bicyclic) bond motifs is 1. The minimum absolute atomic E-state index is 0.252. The summed E-state index contributed by atoms with van der Waals surface area (Å²) in [5.74, 6) is -3.83. The Bertz CT molecular complexity index is 1300. The lowest BCUT2D eigenvalue weighted by Crippen LogP contribution is -2.63. The van der Waals surface area contributed by atoms with Gasteiger partial charge in [-0.2, -0.15) is 0 Å². The van der Waals surface area contributed by atoms with Gasteiger partial charge in [-0.25, -0.2) is 0 Å². The van der Waals surface area contributed by atoms with Gasteiger partial charge in [-0.3, -0.25) is 19.2 Å². The van der Waals surface area contributed by atoms with Crippen LogP contribution in [-0.4, -0.2) is 67.7 Å². The SMILES string of the molecule is [2H]CC(=O)OC[C@H]1OC(Oc2ccc(N3CCc4ccccc43)cc2)[C@@H](OC(=O)C[2H])[C@@H](OC(=O)C[2H])[C@@H]1OC(=O)C[2H]. The average molecular weight is 546 g/mol. The number of ether oxygens (including phenoxy) is 6. The first-order valence-corrected chi connectivity index (χ1v) is 12.0. The lowest BCUT2D eigenvalue weighted by Gasteiger charge is -2.43. The van der Waals surface area contributed by atoms with Gasteiger partial charge in [-0.15, -0.1) is 0 Å². The molecule has 11 nitrogen and oxygen atoms in total. The average Bonchev–Trinajstić information content (AvgIpc) is 3.46. The number of hydrogen-bond acceptors (Lipinski definition) is 11. The Morgan fingerprint density at radius 2 is 1.49 bits per heavy atom. The lowest BCUT2D eigenvalue weighted by molar-refractivity contribution is -0.288. The van der Waals surface area contributed by atoms with Gasteiger partial charge in [0.2, 0.25) is 12.4 Å². The van der Waals surface area contributed by atoms with Crippen molar-refractivity contribution in [1.82, 2.24) is 0 Å². The maximum atomic E-state index is 12.3. The molecule has 1 unspecified atom stereocenters. The van der Waals surface area contributed by atoms with Crippen molar-refractivity contribution in [3.8, 4) is 5.75 Å². The molecule has 0 spiro atoms. The molecule has 2 aliphatic heterocycles. The van der Waals surface area contributed by atoms with Crippen molar-refractivity contribution in [3.05, 3.63) is 54.1 Å². The molecule has 2 aliphatic rings. The molecule has 1 saturated heterocycles. The van der Waals surface area contributed by atoms with Crippen LogP contribution in [0.3, 0.4) is 0 Å². The van der Waals surface area contributed by atoms with Gasteiger partial charge < -0.3 is 33.3 Å². The number of rotatable bonds is 8. The molecular weight excluding hydrogens is 510 g/mol. The zero-order valence-corrected chi connectivity index (χ0v) is 21.0.